The number of fused-ring (bicyclic) bond motifs is 1. The molecule has 24 heavy (non-hydrogen) atoms. The lowest BCUT2D eigenvalue weighted by Crippen LogP contribution is -2.11. The normalized spacial score (nSPS) is 11.0. The average Bonchev–Trinajstić information content (AvgIpc) is 2.96. The van der Waals surface area contributed by atoms with Gasteiger partial charge in [0, 0.05) is 27.1 Å². The molecule has 0 unspecified atom stereocenters. The highest BCUT2D eigenvalue weighted by molar-refractivity contribution is 7.99. The number of hydrogen-bond acceptors (Lipinski definition) is 4. The molecule has 0 atom stereocenters. The van der Waals surface area contributed by atoms with Crippen LogP contribution in [-0.4, -0.2) is 16.6 Å². The molecule has 1 aromatic heterocycles. The SMILES string of the molecule is Cc1c(Cl)ccc2sc(NC(=O)CCSc3ccc(Cl)cc3)nc12. The number of amides is 1. The van der Waals surface area contributed by atoms with Crippen molar-refractivity contribution in [2.75, 3.05) is 11.1 Å². The Labute approximate surface area is 158 Å². The molecule has 1 heterocycles. The fraction of sp³-hybridized carbons (Fsp3) is 0.176. The van der Waals surface area contributed by atoms with Crippen LogP contribution in [0, 0.1) is 6.92 Å². The second kappa shape index (κ2) is 7.74. The summed E-state index contributed by atoms with van der Waals surface area (Å²) in [6, 6.07) is 11.4. The summed E-state index contributed by atoms with van der Waals surface area (Å²) in [4.78, 5) is 17.6. The molecule has 3 aromatic rings. The molecule has 0 saturated carbocycles. The number of aryl methyl sites for hydroxylation is 1. The molecule has 3 nitrogen and oxygen atoms in total. The Kier molecular flexibility index (Phi) is 5.66. The van der Waals surface area contributed by atoms with Gasteiger partial charge in [0.1, 0.15) is 0 Å². The van der Waals surface area contributed by atoms with E-state index in [2.05, 4.69) is 10.3 Å². The number of nitrogens with one attached hydrogen (secondary N) is 1. The van der Waals surface area contributed by atoms with Crippen molar-refractivity contribution in [2.24, 2.45) is 0 Å². The van der Waals surface area contributed by atoms with Crippen LogP contribution in [0.1, 0.15) is 12.0 Å². The first-order chi connectivity index (χ1) is 11.5. The zero-order valence-electron chi connectivity index (χ0n) is 12.8. The van der Waals surface area contributed by atoms with Crippen molar-refractivity contribution in [3.63, 3.8) is 0 Å². The summed E-state index contributed by atoms with van der Waals surface area (Å²) in [7, 11) is 0. The number of benzene rings is 2. The number of halogens is 2. The van der Waals surface area contributed by atoms with Crippen LogP contribution in [0.3, 0.4) is 0 Å². The molecule has 0 bridgehead atoms. The second-order valence-corrected chi connectivity index (χ2v) is 8.18. The number of hydrogen-bond donors (Lipinski definition) is 1. The van der Waals surface area contributed by atoms with Crippen LogP contribution < -0.4 is 5.32 Å². The number of thiazole rings is 1. The molecule has 0 aliphatic rings. The summed E-state index contributed by atoms with van der Waals surface area (Å²) in [5, 5.41) is 4.87. The van der Waals surface area contributed by atoms with Crippen LogP contribution in [0.4, 0.5) is 5.13 Å². The minimum atomic E-state index is -0.0423. The molecule has 1 N–H and O–H groups in total. The lowest BCUT2D eigenvalue weighted by molar-refractivity contribution is -0.115. The van der Waals surface area contributed by atoms with Gasteiger partial charge in [0.05, 0.1) is 10.2 Å². The molecular weight excluding hydrogens is 383 g/mol. The van der Waals surface area contributed by atoms with Crippen LogP contribution in [0.15, 0.2) is 41.3 Å². The van der Waals surface area contributed by atoms with Crippen molar-refractivity contribution in [1.29, 1.82) is 0 Å². The summed E-state index contributed by atoms with van der Waals surface area (Å²) in [6.45, 7) is 1.93. The molecule has 0 spiro atoms. The number of aromatic nitrogens is 1. The summed E-state index contributed by atoms with van der Waals surface area (Å²) in [5.41, 5.74) is 1.78. The first-order valence-corrected chi connectivity index (χ1v) is 9.82. The highest BCUT2D eigenvalue weighted by Gasteiger charge is 2.11. The van der Waals surface area contributed by atoms with Gasteiger partial charge >= 0.3 is 0 Å². The van der Waals surface area contributed by atoms with Gasteiger partial charge in [-0.1, -0.05) is 34.5 Å². The Bertz CT molecular complexity index is 878. The largest absolute Gasteiger partial charge is 0.302 e. The van der Waals surface area contributed by atoms with Gasteiger partial charge < -0.3 is 5.32 Å². The zero-order chi connectivity index (χ0) is 17.1. The fourth-order valence-electron chi connectivity index (χ4n) is 2.13. The molecular formula is C17H14Cl2N2OS2. The number of nitrogens with zero attached hydrogens (tertiary/aromatic N) is 1. The van der Waals surface area contributed by atoms with E-state index in [4.69, 9.17) is 23.2 Å². The van der Waals surface area contributed by atoms with Gasteiger partial charge in [0.2, 0.25) is 5.91 Å². The molecule has 0 saturated heterocycles. The third kappa shape index (κ3) is 4.22. The Balaban J connectivity index is 1.57. The van der Waals surface area contributed by atoms with E-state index in [-0.39, 0.29) is 5.91 Å². The van der Waals surface area contributed by atoms with Gasteiger partial charge in [-0.15, -0.1) is 11.8 Å². The van der Waals surface area contributed by atoms with Gasteiger partial charge in [0.15, 0.2) is 5.13 Å². The fourth-order valence-corrected chi connectivity index (χ4v) is 4.20. The number of anilines is 1. The minimum Gasteiger partial charge on any atom is -0.302 e. The summed E-state index contributed by atoms with van der Waals surface area (Å²) in [6.07, 6.45) is 0.420. The van der Waals surface area contributed by atoms with Crippen molar-refractivity contribution in [3.8, 4) is 0 Å². The summed E-state index contributed by atoms with van der Waals surface area (Å²) < 4.78 is 1.02. The second-order valence-electron chi connectivity index (χ2n) is 5.14. The molecule has 3 rings (SSSR count). The van der Waals surface area contributed by atoms with Gasteiger partial charge in [-0.25, -0.2) is 4.98 Å². The molecule has 0 radical (unpaired) electrons. The molecule has 1 amide bonds. The van der Waals surface area contributed by atoms with Crippen LogP contribution in [0.2, 0.25) is 10.0 Å². The van der Waals surface area contributed by atoms with Gasteiger partial charge in [-0.05, 0) is 48.9 Å². The first-order valence-electron chi connectivity index (χ1n) is 7.27. The van der Waals surface area contributed by atoms with Crippen molar-refractivity contribution in [2.45, 2.75) is 18.2 Å². The summed E-state index contributed by atoms with van der Waals surface area (Å²) >= 11 is 15.0. The van der Waals surface area contributed by atoms with E-state index < -0.39 is 0 Å². The van der Waals surface area contributed by atoms with Crippen LogP contribution in [0.25, 0.3) is 10.2 Å². The zero-order valence-corrected chi connectivity index (χ0v) is 16.0. The minimum absolute atomic E-state index is 0.0423. The maximum absolute atomic E-state index is 12.1. The topological polar surface area (TPSA) is 42.0 Å². The van der Waals surface area contributed by atoms with Crippen molar-refractivity contribution >= 4 is 67.6 Å². The van der Waals surface area contributed by atoms with Crippen LogP contribution in [0.5, 0.6) is 0 Å². The molecule has 7 heteroatoms. The average molecular weight is 397 g/mol. The Morgan fingerprint density at radius 2 is 1.96 bits per heavy atom. The van der Waals surface area contributed by atoms with Gasteiger partial charge in [-0.3, -0.25) is 4.79 Å². The van der Waals surface area contributed by atoms with E-state index in [1.807, 2.05) is 43.3 Å². The highest BCUT2D eigenvalue weighted by Crippen LogP contribution is 2.31. The van der Waals surface area contributed by atoms with Gasteiger partial charge in [0.25, 0.3) is 0 Å². The predicted octanol–water partition coefficient (Wildman–Crippen LogP) is 6.03. The lowest BCUT2D eigenvalue weighted by Gasteiger charge is -2.02. The van der Waals surface area contributed by atoms with E-state index >= 15 is 0 Å². The van der Waals surface area contributed by atoms with Crippen LogP contribution in [-0.2, 0) is 4.79 Å². The molecule has 124 valence electrons. The van der Waals surface area contributed by atoms with E-state index in [1.165, 1.54) is 11.3 Å². The molecule has 2 aromatic carbocycles. The Morgan fingerprint density at radius 1 is 1.21 bits per heavy atom. The van der Waals surface area contributed by atoms with E-state index in [0.717, 1.165) is 20.7 Å². The highest BCUT2D eigenvalue weighted by atomic mass is 35.5. The molecule has 0 aliphatic heterocycles. The molecule has 0 fully saturated rings. The van der Waals surface area contributed by atoms with Crippen LogP contribution >= 0.6 is 46.3 Å². The number of carbonyl (C=O) groups is 1. The number of rotatable bonds is 5. The standard InChI is InChI=1S/C17H14Cl2N2OS2/c1-10-13(19)6-7-14-16(10)21-17(24-14)20-15(22)8-9-23-12-4-2-11(18)3-5-12/h2-7H,8-9H2,1H3,(H,20,21,22). The number of thioether (sulfide) groups is 1. The monoisotopic (exact) mass is 396 g/mol. The third-order valence-corrected chi connectivity index (χ3v) is 6.02. The predicted molar refractivity (Wildman–Crippen MR) is 105 cm³/mol. The van der Waals surface area contributed by atoms with Crippen molar-refractivity contribution in [3.05, 3.63) is 52.0 Å². The summed E-state index contributed by atoms with van der Waals surface area (Å²) in [5.74, 6) is 0.655. The van der Waals surface area contributed by atoms with E-state index in [9.17, 15) is 4.79 Å². The smallest absolute Gasteiger partial charge is 0.226 e. The lowest BCUT2D eigenvalue weighted by atomic mass is 10.2. The first kappa shape index (κ1) is 17.5. The Hall–Kier alpha value is -1.27. The van der Waals surface area contributed by atoms with Crippen molar-refractivity contribution < 1.29 is 4.79 Å². The Morgan fingerprint density at radius 3 is 2.71 bits per heavy atom. The third-order valence-electron chi connectivity index (χ3n) is 3.41. The van der Waals surface area contributed by atoms with Gasteiger partial charge in [-0.2, -0.15) is 0 Å². The van der Waals surface area contributed by atoms with Crippen molar-refractivity contribution in [1.82, 2.24) is 4.98 Å². The number of carbonyl (C=O) groups excluding carboxylic acids is 1. The maximum Gasteiger partial charge on any atom is 0.226 e. The van der Waals surface area contributed by atoms with E-state index in [1.54, 1.807) is 11.8 Å². The quantitative estimate of drug-likeness (QED) is 0.535. The molecule has 0 aliphatic carbocycles. The maximum atomic E-state index is 12.1. The van der Waals surface area contributed by atoms with E-state index in [0.29, 0.717) is 27.4 Å².